The van der Waals surface area contributed by atoms with Gasteiger partial charge >= 0.3 is 0 Å². The SMILES string of the molecule is COc1ccc2c(ccn2Cc2c(F)cc(S(N)(=O)=O)cc2F)n1. The number of methoxy groups -OCH3 is 1. The van der Waals surface area contributed by atoms with E-state index in [4.69, 9.17) is 9.88 Å². The molecule has 2 aromatic heterocycles. The van der Waals surface area contributed by atoms with E-state index < -0.39 is 26.6 Å². The van der Waals surface area contributed by atoms with E-state index in [-0.39, 0.29) is 12.1 Å². The maximum atomic E-state index is 14.1. The van der Waals surface area contributed by atoms with E-state index in [0.717, 1.165) is 0 Å². The van der Waals surface area contributed by atoms with Crippen molar-refractivity contribution in [1.29, 1.82) is 0 Å². The summed E-state index contributed by atoms with van der Waals surface area (Å²) in [5, 5.41) is 4.90. The fourth-order valence-corrected chi connectivity index (χ4v) is 2.91. The second-order valence-electron chi connectivity index (χ2n) is 5.11. The van der Waals surface area contributed by atoms with Crippen molar-refractivity contribution in [2.24, 2.45) is 5.14 Å². The molecule has 2 heterocycles. The molecule has 0 aliphatic heterocycles. The van der Waals surface area contributed by atoms with Gasteiger partial charge in [-0.25, -0.2) is 27.3 Å². The van der Waals surface area contributed by atoms with Crippen LogP contribution in [0.1, 0.15) is 5.56 Å². The normalized spacial score (nSPS) is 11.8. The molecule has 0 radical (unpaired) electrons. The van der Waals surface area contributed by atoms with E-state index in [9.17, 15) is 17.2 Å². The van der Waals surface area contributed by atoms with Crippen LogP contribution in [-0.2, 0) is 16.6 Å². The van der Waals surface area contributed by atoms with Gasteiger partial charge < -0.3 is 9.30 Å². The number of ether oxygens (including phenoxy) is 1. The van der Waals surface area contributed by atoms with Crippen LogP contribution in [0.2, 0.25) is 0 Å². The summed E-state index contributed by atoms with van der Waals surface area (Å²) in [6, 6.07) is 6.46. The molecule has 0 spiro atoms. The number of halogens is 2. The molecule has 6 nitrogen and oxygen atoms in total. The smallest absolute Gasteiger partial charge is 0.238 e. The molecule has 0 amide bonds. The second kappa shape index (κ2) is 5.84. The number of rotatable bonds is 4. The Morgan fingerprint density at radius 1 is 1.21 bits per heavy atom. The number of pyridine rings is 1. The highest BCUT2D eigenvalue weighted by molar-refractivity contribution is 7.89. The van der Waals surface area contributed by atoms with Gasteiger partial charge in [0.25, 0.3) is 0 Å². The van der Waals surface area contributed by atoms with Gasteiger partial charge in [-0.3, -0.25) is 0 Å². The van der Waals surface area contributed by atoms with Gasteiger partial charge in [-0.1, -0.05) is 0 Å². The van der Waals surface area contributed by atoms with E-state index in [1.165, 1.54) is 7.11 Å². The zero-order chi connectivity index (χ0) is 17.5. The molecule has 2 N–H and O–H groups in total. The lowest BCUT2D eigenvalue weighted by Crippen LogP contribution is -2.14. The van der Waals surface area contributed by atoms with Gasteiger partial charge in [0.05, 0.1) is 29.6 Å². The summed E-state index contributed by atoms with van der Waals surface area (Å²) in [5.74, 6) is -1.54. The average Bonchev–Trinajstić information content (AvgIpc) is 2.91. The number of primary sulfonamides is 1. The van der Waals surface area contributed by atoms with Gasteiger partial charge in [0.1, 0.15) is 11.6 Å². The molecule has 3 aromatic rings. The molecular weight excluding hydrogens is 340 g/mol. The Hall–Kier alpha value is -2.52. The average molecular weight is 353 g/mol. The quantitative estimate of drug-likeness (QED) is 0.777. The van der Waals surface area contributed by atoms with Crippen molar-refractivity contribution in [3.63, 3.8) is 0 Å². The van der Waals surface area contributed by atoms with Crippen molar-refractivity contribution in [2.75, 3.05) is 7.11 Å². The van der Waals surface area contributed by atoms with Crippen molar-refractivity contribution >= 4 is 21.1 Å². The van der Waals surface area contributed by atoms with Crippen molar-refractivity contribution < 1.29 is 21.9 Å². The first-order valence-electron chi connectivity index (χ1n) is 6.80. The van der Waals surface area contributed by atoms with Crippen molar-refractivity contribution in [3.05, 3.63) is 53.7 Å². The molecular formula is C15H13F2N3O3S. The van der Waals surface area contributed by atoms with Crippen LogP contribution in [0.4, 0.5) is 8.78 Å². The first-order valence-corrected chi connectivity index (χ1v) is 8.35. The number of nitrogens with zero attached hydrogens (tertiary/aromatic N) is 2. The highest BCUT2D eigenvalue weighted by atomic mass is 32.2. The lowest BCUT2D eigenvalue weighted by atomic mass is 10.2. The largest absolute Gasteiger partial charge is 0.481 e. The zero-order valence-electron chi connectivity index (χ0n) is 12.5. The van der Waals surface area contributed by atoms with Crippen molar-refractivity contribution in [1.82, 2.24) is 9.55 Å². The second-order valence-corrected chi connectivity index (χ2v) is 6.67. The molecule has 0 aliphatic carbocycles. The third kappa shape index (κ3) is 2.95. The lowest BCUT2D eigenvalue weighted by molar-refractivity contribution is 0.399. The highest BCUT2D eigenvalue weighted by Gasteiger charge is 2.18. The Morgan fingerprint density at radius 3 is 2.46 bits per heavy atom. The van der Waals surface area contributed by atoms with Crippen LogP contribution in [0, 0.1) is 11.6 Å². The van der Waals surface area contributed by atoms with Gasteiger partial charge in [0, 0.05) is 17.8 Å². The summed E-state index contributed by atoms with van der Waals surface area (Å²) >= 11 is 0. The Kier molecular flexibility index (Phi) is 3.98. The first kappa shape index (κ1) is 16.3. The van der Waals surface area contributed by atoms with Crippen LogP contribution in [0.15, 0.2) is 41.4 Å². The monoisotopic (exact) mass is 353 g/mol. The molecule has 126 valence electrons. The standard InChI is InChI=1S/C15H13F2N3O3S/c1-23-15-3-2-14-13(19-15)4-5-20(14)8-10-11(16)6-9(7-12(10)17)24(18,21)22/h2-7H,8H2,1H3,(H2,18,21,22). The summed E-state index contributed by atoms with van der Waals surface area (Å²) in [5.41, 5.74) is 0.997. The van der Waals surface area contributed by atoms with E-state index >= 15 is 0 Å². The fraction of sp³-hybridized carbons (Fsp3) is 0.133. The van der Waals surface area contributed by atoms with Crippen LogP contribution in [0.3, 0.4) is 0 Å². The summed E-state index contributed by atoms with van der Waals surface area (Å²) in [4.78, 5) is 3.61. The molecule has 0 saturated carbocycles. The van der Waals surface area contributed by atoms with Gasteiger partial charge in [-0.2, -0.15) is 0 Å². The van der Waals surface area contributed by atoms with Gasteiger partial charge in [0.2, 0.25) is 15.9 Å². The Bertz CT molecular complexity index is 1010. The van der Waals surface area contributed by atoms with Crippen molar-refractivity contribution in [3.8, 4) is 5.88 Å². The van der Waals surface area contributed by atoms with Crippen LogP contribution in [0.25, 0.3) is 11.0 Å². The highest BCUT2D eigenvalue weighted by Crippen LogP contribution is 2.23. The number of benzene rings is 1. The molecule has 0 saturated heterocycles. The molecule has 0 bridgehead atoms. The Morgan fingerprint density at radius 2 is 1.88 bits per heavy atom. The predicted octanol–water partition coefficient (Wildman–Crippen LogP) is 2.02. The third-order valence-corrected chi connectivity index (χ3v) is 4.47. The van der Waals surface area contributed by atoms with Crippen LogP contribution in [-0.4, -0.2) is 25.1 Å². The van der Waals surface area contributed by atoms with E-state index in [1.807, 2.05) is 0 Å². The predicted molar refractivity (Wildman–Crippen MR) is 83.1 cm³/mol. The lowest BCUT2D eigenvalue weighted by Gasteiger charge is -2.10. The molecule has 0 fully saturated rings. The van der Waals surface area contributed by atoms with Gasteiger partial charge in [-0.05, 0) is 24.3 Å². The maximum Gasteiger partial charge on any atom is 0.238 e. The van der Waals surface area contributed by atoms with Gasteiger partial charge in [0.15, 0.2) is 0 Å². The summed E-state index contributed by atoms with van der Waals surface area (Å²) < 4.78 is 57.3. The Labute approximate surface area is 136 Å². The molecule has 9 heteroatoms. The van der Waals surface area contributed by atoms with E-state index in [0.29, 0.717) is 29.0 Å². The minimum absolute atomic E-state index is 0.125. The number of sulfonamides is 1. The minimum Gasteiger partial charge on any atom is -0.481 e. The number of hydrogen-bond donors (Lipinski definition) is 1. The zero-order valence-corrected chi connectivity index (χ0v) is 13.3. The fourth-order valence-electron chi connectivity index (χ4n) is 2.37. The summed E-state index contributed by atoms with van der Waals surface area (Å²) in [7, 11) is -2.69. The van der Waals surface area contributed by atoms with E-state index in [1.54, 1.807) is 29.0 Å². The van der Waals surface area contributed by atoms with E-state index in [2.05, 4.69) is 4.98 Å². The molecule has 3 rings (SSSR count). The Balaban J connectivity index is 2.03. The topological polar surface area (TPSA) is 87.2 Å². The number of fused-ring (bicyclic) bond motifs is 1. The number of hydrogen-bond acceptors (Lipinski definition) is 4. The van der Waals surface area contributed by atoms with Crippen LogP contribution in [0.5, 0.6) is 5.88 Å². The molecule has 0 aliphatic rings. The van der Waals surface area contributed by atoms with Gasteiger partial charge in [-0.15, -0.1) is 0 Å². The minimum atomic E-state index is -4.18. The number of nitrogens with two attached hydrogens (primary N) is 1. The maximum absolute atomic E-state index is 14.1. The summed E-state index contributed by atoms with van der Waals surface area (Å²) in [6.45, 7) is -0.125. The molecule has 24 heavy (non-hydrogen) atoms. The third-order valence-electron chi connectivity index (χ3n) is 3.58. The van der Waals surface area contributed by atoms with Crippen molar-refractivity contribution in [2.45, 2.75) is 11.4 Å². The summed E-state index contributed by atoms with van der Waals surface area (Å²) in [6.07, 6.45) is 1.63. The molecule has 0 unspecified atom stereocenters. The molecule has 1 aromatic carbocycles. The van der Waals surface area contributed by atoms with Crippen LogP contribution < -0.4 is 9.88 Å². The molecule has 0 atom stereocenters. The van der Waals surface area contributed by atoms with Crippen LogP contribution >= 0.6 is 0 Å². The first-order chi connectivity index (χ1) is 11.3. The number of aromatic nitrogens is 2.